The summed E-state index contributed by atoms with van der Waals surface area (Å²) in [5, 5.41) is 14.0. The number of methoxy groups -OCH3 is 1. The van der Waals surface area contributed by atoms with E-state index in [0.717, 1.165) is 5.69 Å². The van der Waals surface area contributed by atoms with Crippen molar-refractivity contribution in [3.05, 3.63) is 46.5 Å². The topological polar surface area (TPSA) is 93.1 Å². The molecule has 2 rings (SSSR count). The standard InChI is InChI=1S/C11H12N4O3/c1-18-10-4-2-3-9(11(10)15(16)17)13-6-8-5-12-7-14-8/h2-5,7,13H,6H2,1H3,(H,12,14). The maximum Gasteiger partial charge on any atom is 0.333 e. The van der Waals surface area contributed by atoms with Gasteiger partial charge in [-0.1, -0.05) is 6.07 Å². The van der Waals surface area contributed by atoms with E-state index in [1.54, 1.807) is 30.7 Å². The second-order valence-electron chi connectivity index (χ2n) is 3.54. The van der Waals surface area contributed by atoms with E-state index in [2.05, 4.69) is 15.3 Å². The molecule has 2 aromatic rings. The van der Waals surface area contributed by atoms with Crippen LogP contribution in [0.25, 0.3) is 0 Å². The molecule has 0 spiro atoms. The number of nitrogens with one attached hydrogen (secondary N) is 2. The van der Waals surface area contributed by atoms with Crippen LogP contribution in [0.15, 0.2) is 30.7 Å². The highest BCUT2D eigenvalue weighted by molar-refractivity contribution is 5.68. The van der Waals surface area contributed by atoms with Crippen molar-refractivity contribution in [3.8, 4) is 5.75 Å². The highest BCUT2D eigenvalue weighted by atomic mass is 16.6. The van der Waals surface area contributed by atoms with E-state index in [9.17, 15) is 10.1 Å². The zero-order valence-corrected chi connectivity index (χ0v) is 9.71. The molecule has 0 atom stereocenters. The average Bonchev–Trinajstić information content (AvgIpc) is 2.88. The normalized spacial score (nSPS) is 10.1. The molecule has 2 N–H and O–H groups in total. The van der Waals surface area contributed by atoms with Gasteiger partial charge in [-0.15, -0.1) is 0 Å². The fourth-order valence-electron chi connectivity index (χ4n) is 1.59. The van der Waals surface area contributed by atoms with Crippen molar-refractivity contribution >= 4 is 11.4 Å². The molecule has 7 heteroatoms. The smallest absolute Gasteiger partial charge is 0.333 e. The summed E-state index contributed by atoms with van der Waals surface area (Å²) in [6, 6.07) is 4.89. The lowest BCUT2D eigenvalue weighted by atomic mass is 10.2. The fraction of sp³-hybridized carbons (Fsp3) is 0.182. The molecule has 1 heterocycles. The van der Waals surface area contributed by atoms with Crippen molar-refractivity contribution in [1.82, 2.24) is 9.97 Å². The Morgan fingerprint density at radius 1 is 1.56 bits per heavy atom. The summed E-state index contributed by atoms with van der Waals surface area (Å²) in [4.78, 5) is 17.3. The van der Waals surface area contributed by atoms with Gasteiger partial charge in [0, 0.05) is 6.20 Å². The molecule has 0 saturated heterocycles. The monoisotopic (exact) mass is 248 g/mol. The minimum absolute atomic E-state index is 0.0699. The number of imidazole rings is 1. The Hall–Kier alpha value is -2.57. The van der Waals surface area contributed by atoms with Gasteiger partial charge in [-0.2, -0.15) is 0 Å². The molecule has 18 heavy (non-hydrogen) atoms. The van der Waals surface area contributed by atoms with Crippen LogP contribution in [0, 0.1) is 10.1 Å². The molecule has 0 bridgehead atoms. The van der Waals surface area contributed by atoms with Gasteiger partial charge >= 0.3 is 5.69 Å². The fourth-order valence-corrected chi connectivity index (χ4v) is 1.59. The maximum atomic E-state index is 11.0. The molecule has 0 saturated carbocycles. The highest BCUT2D eigenvalue weighted by Crippen LogP contribution is 2.34. The van der Waals surface area contributed by atoms with Gasteiger partial charge in [-0.05, 0) is 12.1 Å². The van der Waals surface area contributed by atoms with Crippen LogP contribution < -0.4 is 10.1 Å². The summed E-state index contributed by atoms with van der Waals surface area (Å²) < 4.78 is 4.98. The van der Waals surface area contributed by atoms with Crippen LogP contribution in [0.2, 0.25) is 0 Å². The van der Waals surface area contributed by atoms with Gasteiger partial charge in [0.05, 0.1) is 30.6 Å². The van der Waals surface area contributed by atoms with Crippen LogP contribution in [0.1, 0.15) is 5.69 Å². The molecule has 0 aliphatic heterocycles. The lowest BCUT2D eigenvalue weighted by Gasteiger charge is -2.08. The van der Waals surface area contributed by atoms with Crippen LogP contribution in [0.3, 0.4) is 0 Å². The van der Waals surface area contributed by atoms with Crippen LogP contribution >= 0.6 is 0 Å². The minimum Gasteiger partial charge on any atom is -0.490 e. The number of hydrogen-bond donors (Lipinski definition) is 2. The first kappa shape index (κ1) is 11.9. The third kappa shape index (κ3) is 2.40. The minimum atomic E-state index is -0.464. The number of benzene rings is 1. The van der Waals surface area contributed by atoms with Crippen LogP contribution in [-0.4, -0.2) is 22.0 Å². The van der Waals surface area contributed by atoms with E-state index in [4.69, 9.17) is 4.74 Å². The van der Waals surface area contributed by atoms with Crippen LogP contribution in [0.4, 0.5) is 11.4 Å². The largest absolute Gasteiger partial charge is 0.490 e. The molecule has 0 radical (unpaired) electrons. The summed E-state index contributed by atoms with van der Waals surface area (Å²) in [6.45, 7) is 0.425. The van der Waals surface area contributed by atoms with Crippen molar-refractivity contribution in [2.75, 3.05) is 12.4 Å². The Balaban J connectivity index is 2.24. The molecule has 1 aromatic carbocycles. The summed E-state index contributed by atoms with van der Waals surface area (Å²) in [5.41, 5.74) is 1.18. The van der Waals surface area contributed by atoms with Crippen LogP contribution in [0.5, 0.6) is 5.75 Å². The number of nitrogens with zero attached hydrogens (tertiary/aromatic N) is 2. The number of nitro benzene ring substituents is 1. The molecule has 0 aliphatic carbocycles. The van der Waals surface area contributed by atoms with E-state index < -0.39 is 4.92 Å². The lowest BCUT2D eigenvalue weighted by molar-refractivity contribution is -0.384. The second kappa shape index (κ2) is 5.17. The average molecular weight is 248 g/mol. The number of para-hydroxylation sites is 1. The number of hydrogen-bond acceptors (Lipinski definition) is 5. The summed E-state index contributed by atoms with van der Waals surface area (Å²) in [6.07, 6.45) is 3.20. The highest BCUT2D eigenvalue weighted by Gasteiger charge is 2.20. The molecule has 0 fully saturated rings. The number of anilines is 1. The predicted octanol–water partition coefficient (Wildman–Crippen LogP) is 1.94. The van der Waals surface area contributed by atoms with Gasteiger partial charge in [0.1, 0.15) is 5.69 Å². The van der Waals surface area contributed by atoms with E-state index >= 15 is 0 Å². The van der Waals surface area contributed by atoms with E-state index in [-0.39, 0.29) is 11.4 Å². The van der Waals surface area contributed by atoms with Gasteiger partial charge < -0.3 is 15.0 Å². The summed E-state index contributed by atoms with van der Waals surface area (Å²) >= 11 is 0. The molecule has 7 nitrogen and oxygen atoms in total. The molecular weight excluding hydrogens is 236 g/mol. The number of rotatable bonds is 5. The summed E-state index contributed by atoms with van der Waals surface area (Å²) in [5.74, 6) is 0.231. The first-order valence-electron chi connectivity index (χ1n) is 5.25. The number of ether oxygens (including phenoxy) is 1. The Morgan fingerprint density at radius 3 is 3.00 bits per heavy atom. The van der Waals surface area contributed by atoms with E-state index in [0.29, 0.717) is 12.2 Å². The first-order chi connectivity index (χ1) is 8.72. The zero-order valence-electron chi connectivity index (χ0n) is 9.71. The Morgan fingerprint density at radius 2 is 2.39 bits per heavy atom. The Bertz CT molecular complexity index is 539. The molecule has 0 amide bonds. The molecule has 1 aromatic heterocycles. The number of H-pyrrole nitrogens is 1. The van der Waals surface area contributed by atoms with E-state index in [1.807, 2.05) is 0 Å². The van der Waals surface area contributed by atoms with Gasteiger partial charge in [0.25, 0.3) is 0 Å². The summed E-state index contributed by atoms with van der Waals surface area (Å²) in [7, 11) is 1.40. The van der Waals surface area contributed by atoms with Crippen molar-refractivity contribution < 1.29 is 9.66 Å². The Kier molecular flexibility index (Phi) is 3.42. The van der Waals surface area contributed by atoms with Crippen molar-refractivity contribution in [2.24, 2.45) is 0 Å². The number of nitro groups is 1. The second-order valence-corrected chi connectivity index (χ2v) is 3.54. The molecular formula is C11H12N4O3. The van der Waals surface area contributed by atoms with Crippen molar-refractivity contribution in [1.29, 1.82) is 0 Å². The predicted molar refractivity (Wildman–Crippen MR) is 65.6 cm³/mol. The molecule has 94 valence electrons. The first-order valence-corrected chi connectivity index (χ1v) is 5.25. The van der Waals surface area contributed by atoms with Crippen molar-refractivity contribution in [2.45, 2.75) is 6.54 Å². The third-order valence-corrected chi connectivity index (χ3v) is 2.43. The quantitative estimate of drug-likeness (QED) is 0.623. The molecule has 0 aliphatic rings. The van der Waals surface area contributed by atoms with Gasteiger partial charge in [-0.3, -0.25) is 10.1 Å². The van der Waals surface area contributed by atoms with E-state index in [1.165, 1.54) is 7.11 Å². The van der Waals surface area contributed by atoms with Gasteiger partial charge in [-0.25, -0.2) is 4.98 Å². The number of aromatic amines is 1. The van der Waals surface area contributed by atoms with Gasteiger partial charge in [0.15, 0.2) is 5.75 Å². The Labute approximate surface area is 103 Å². The lowest BCUT2D eigenvalue weighted by Crippen LogP contribution is -2.04. The molecule has 0 unspecified atom stereocenters. The van der Waals surface area contributed by atoms with Gasteiger partial charge in [0.2, 0.25) is 0 Å². The SMILES string of the molecule is COc1cccc(NCc2cnc[nH]2)c1[N+](=O)[O-]. The van der Waals surface area contributed by atoms with Crippen LogP contribution in [-0.2, 0) is 6.54 Å². The maximum absolute atomic E-state index is 11.0. The third-order valence-electron chi connectivity index (χ3n) is 2.43. The zero-order chi connectivity index (χ0) is 13.0. The number of aromatic nitrogens is 2. The van der Waals surface area contributed by atoms with Crippen molar-refractivity contribution in [3.63, 3.8) is 0 Å².